The number of esters is 1. The molecular formula is C55H74ClF3N8O10. The number of likely N-dealkylation sites (N-methyl/N-ethyl adjacent to an activating group) is 3. The molecule has 4 aliphatic rings. The summed E-state index contributed by atoms with van der Waals surface area (Å²) >= 11 is 6.07. The Morgan fingerprint density at radius 1 is 0.857 bits per heavy atom. The van der Waals surface area contributed by atoms with E-state index in [2.05, 4.69) is 22.5 Å². The van der Waals surface area contributed by atoms with Gasteiger partial charge >= 0.3 is 12.1 Å². The van der Waals surface area contributed by atoms with Crippen LogP contribution in [0, 0.1) is 5.92 Å². The minimum atomic E-state index is -4.71. The van der Waals surface area contributed by atoms with Gasteiger partial charge in [0.2, 0.25) is 41.4 Å². The van der Waals surface area contributed by atoms with Crippen LogP contribution in [-0.4, -0.2) is 182 Å². The Labute approximate surface area is 453 Å². The molecule has 2 aliphatic carbocycles. The van der Waals surface area contributed by atoms with Crippen molar-refractivity contribution >= 4 is 58.9 Å². The number of aryl methyl sites for hydroxylation is 1. The number of carbonyl (C=O) groups is 8. The maximum absolute atomic E-state index is 15.1. The molecule has 2 saturated heterocycles. The van der Waals surface area contributed by atoms with Crippen LogP contribution in [0.4, 0.5) is 13.2 Å². The molecule has 77 heavy (non-hydrogen) atoms. The zero-order valence-corrected chi connectivity index (χ0v) is 45.3. The molecule has 6 rings (SSSR count). The molecule has 18 nitrogen and oxygen atoms in total. The Balaban J connectivity index is 1.22. The van der Waals surface area contributed by atoms with Crippen molar-refractivity contribution in [2.24, 2.45) is 5.92 Å². The fourth-order valence-electron chi connectivity index (χ4n) is 11.2. The van der Waals surface area contributed by atoms with Gasteiger partial charge in [-0.05, 0) is 87.0 Å². The Morgan fingerprint density at radius 2 is 1.53 bits per heavy atom. The fraction of sp³-hybridized carbons (Fsp3) is 0.600. The third-order valence-corrected chi connectivity index (χ3v) is 15.8. The fourth-order valence-corrected chi connectivity index (χ4v) is 11.5. The van der Waals surface area contributed by atoms with Crippen molar-refractivity contribution in [2.75, 3.05) is 74.2 Å². The van der Waals surface area contributed by atoms with E-state index in [-0.39, 0.29) is 57.7 Å². The first-order valence-corrected chi connectivity index (χ1v) is 26.9. The van der Waals surface area contributed by atoms with Crippen LogP contribution in [0.15, 0.2) is 61.2 Å². The Morgan fingerprint density at radius 3 is 2.16 bits per heavy atom. The number of nitrogens with one attached hydrogen (secondary N) is 3. The highest BCUT2D eigenvalue weighted by molar-refractivity contribution is 6.31. The average Bonchev–Trinajstić information content (AvgIpc) is 4.24. The first kappa shape index (κ1) is 60.2. The summed E-state index contributed by atoms with van der Waals surface area (Å²) in [4.78, 5) is 121. The molecule has 2 heterocycles. The first-order chi connectivity index (χ1) is 36.7. The van der Waals surface area contributed by atoms with Gasteiger partial charge in [0.1, 0.15) is 29.7 Å². The number of halogens is 4. The number of likely N-dealkylation sites (tertiary alicyclic amines) is 1. The molecule has 2 aromatic carbocycles. The quantitative estimate of drug-likeness (QED) is 0.106. The minimum absolute atomic E-state index is 0.0104. The normalized spacial score (nSPS) is 19.1. The average molecular weight is 1100 g/mol. The first-order valence-electron chi connectivity index (χ1n) is 26.6. The molecule has 0 bridgehead atoms. The van der Waals surface area contributed by atoms with Crippen LogP contribution in [0.25, 0.3) is 0 Å². The molecule has 0 spiro atoms. The van der Waals surface area contributed by atoms with Crippen LogP contribution in [0.2, 0.25) is 5.02 Å². The van der Waals surface area contributed by atoms with E-state index in [1.807, 2.05) is 30.3 Å². The molecule has 7 amide bonds. The van der Waals surface area contributed by atoms with E-state index in [0.717, 1.165) is 30.5 Å². The summed E-state index contributed by atoms with van der Waals surface area (Å²) in [6.07, 6.45) is 1.74. The third-order valence-electron chi connectivity index (χ3n) is 15.5. The second kappa shape index (κ2) is 27.5. The van der Waals surface area contributed by atoms with E-state index in [0.29, 0.717) is 63.8 Å². The number of methoxy groups -OCH3 is 1. The van der Waals surface area contributed by atoms with E-state index in [9.17, 15) is 46.7 Å². The molecule has 5 atom stereocenters. The topological polar surface area (TPSA) is 207 Å². The van der Waals surface area contributed by atoms with E-state index in [1.165, 1.54) is 53.9 Å². The van der Waals surface area contributed by atoms with Crippen LogP contribution in [-0.2, 0) is 66.8 Å². The van der Waals surface area contributed by atoms with Crippen molar-refractivity contribution in [1.29, 1.82) is 0 Å². The smallest absolute Gasteiger partial charge is 0.417 e. The SMILES string of the molecule is C=CCN[C@@H](Cc1ccccc1)C(=O)N(C)CC(=O)N[C@@H](CCc1ccc(C(F)(F)F)c(Cl)c1)C(=O)N1CCC[C@H]1C(=O)NC1(C(=O)N(C)[C@H](C(=O)N(C)[C@@H](CC(=O)OC)C(=O)N2CCOCC2)C2CCCC2)CCCC1. The monoisotopic (exact) mass is 1100 g/mol. The van der Waals surface area contributed by atoms with Crippen molar-refractivity contribution in [3.05, 3.63) is 82.9 Å². The molecule has 2 aromatic rings. The molecule has 422 valence electrons. The third kappa shape index (κ3) is 15.4. The van der Waals surface area contributed by atoms with Gasteiger partial charge in [-0.15, -0.1) is 6.58 Å². The van der Waals surface area contributed by atoms with Crippen molar-refractivity contribution in [3.63, 3.8) is 0 Å². The lowest BCUT2D eigenvalue weighted by atomic mass is 9.90. The predicted octanol–water partition coefficient (Wildman–Crippen LogP) is 4.31. The van der Waals surface area contributed by atoms with Crippen molar-refractivity contribution in [2.45, 2.75) is 132 Å². The van der Waals surface area contributed by atoms with Gasteiger partial charge in [0, 0.05) is 47.3 Å². The lowest BCUT2D eigenvalue weighted by Crippen LogP contribution is -2.65. The van der Waals surface area contributed by atoms with E-state index < -0.39 is 113 Å². The highest BCUT2D eigenvalue weighted by Crippen LogP contribution is 2.38. The van der Waals surface area contributed by atoms with Crippen LogP contribution < -0.4 is 16.0 Å². The number of hydrogen-bond donors (Lipinski definition) is 3. The van der Waals surface area contributed by atoms with Gasteiger partial charge in [-0.2, -0.15) is 13.2 Å². The standard InChI is InChI=1S/C55H74ClF3N8O10/c1-6-26-60-42(33-36-15-8-7-9-16-36)49(71)63(2)35-45(68)61-41(23-21-37-20-22-39(40(56)32-37)55(57,58)59)50(72)67-27-14-19-43(67)48(70)62-54(24-12-13-25-54)53(75)65(4)47(38-17-10-11-18-38)52(74)64(3)44(34-46(69)76-5)51(73)66-28-30-77-31-29-66/h6-9,15-16,20,22,32,38,41-44,47,60H,1,10-14,17-19,21,23-31,33-35H2,2-5H3,(H,61,68)(H,62,70)/t41-,42-,43-,44-,47-/m0/s1. The van der Waals surface area contributed by atoms with E-state index in [4.69, 9.17) is 21.1 Å². The van der Waals surface area contributed by atoms with Crippen LogP contribution >= 0.6 is 11.6 Å². The van der Waals surface area contributed by atoms with Crippen LogP contribution in [0.3, 0.4) is 0 Å². The number of hydrogen-bond acceptors (Lipinski definition) is 11. The van der Waals surface area contributed by atoms with Crippen LogP contribution in [0.5, 0.6) is 0 Å². The Bertz CT molecular complexity index is 2430. The van der Waals surface area contributed by atoms with Gasteiger partial charge in [-0.1, -0.05) is 79.8 Å². The summed E-state index contributed by atoms with van der Waals surface area (Å²) in [5, 5.41) is 8.40. The Kier molecular flexibility index (Phi) is 21.5. The lowest BCUT2D eigenvalue weighted by molar-refractivity contribution is -0.158. The molecule has 0 unspecified atom stereocenters. The molecule has 0 aromatic heterocycles. The number of nitrogens with zero attached hydrogens (tertiary/aromatic N) is 5. The second-order valence-electron chi connectivity index (χ2n) is 20.7. The lowest BCUT2D eigenvalue weighted by Gasteiger charge is -2.42. The zero-order valence-electron chi connectivity index (χ0n) is 44.5. The highest BCUT2D eigenvalue weighted by atomic mass is 35.5. The maximum Gasteiger partial charge on any atom is 0.417 e. The van der Waals surface area contributed by atoms with Gasteiger partial charge in [0.05, 0.1) is 49.9 Å². The molecule has 0 radical (unpaired) electrons. The van der Waals surface area contributed by atoms with Crippen LogP contribution in [0.1, 0.15) is 93.7 Å². The molecule has 2 aliphatic heterocycles. The zero-order chi connectivity index (χ0) is 56.0. The number of carbonyl (C=O) groups excluding carboxylic acids is 8. The highest BCUT2D eigenvalue weighted by Gasteiger charge is 2.51. The second-order valence-corrected chi connectivity index (χ2v) is 21.1. The molecule has 3 N–H and O–H groups in total. The van der Waals surface area contributed by atoms with E-state index in [1.54, 1.807) is 11.0 Å². The summed E-state index contributed by atoms with van der Waals surface area (Å²) in [6.45, 7) is 4.81. The van der Waals surface area contributed by atoms with Gasteiger partial charge in [-0.3, -0.25) is 38.4 Å². The van der Waals surface area contributed by atoms with Crippen molar-refractivity contribution in [1.82, 2.24) is 40.4 Å². The number of rotatable bonds is 23. The largest absolute Gasteiger partial charge is 0.469 e. The number of alkyl halides is 3. The summed E-state index contributed by atoms with van der Waals surface area (Å²) in [7, 11) is 5.62. The minimum Gasteiger partial charge on any atom is -0.469 e. The van der Waals surface area contributed by atoms with Gasteiger partial charge in [0.25, 0.3) is 0 Å². The summed E-state index contributed by atoms with van der Waals surface area (Å²) in [6, 6.07) is 7.11. The van der Waals surface area contributed by atoms with Crippen molar-refractivity contribution < 1.29 is 61.0 Å². The number of morpholine rings is 1. The number of benzene rings is 2. The maximum atomic E-state index is 15.1. The molecule has 4 fully saturated rings. The van der Waals surface area contributed by atoms with Crippen molar-refractivity contribution in [3.8, 4) is 0 Å². The number of ether oxygens (including phenoxy) is 2. The molecule has 2 saturated carbocycles. The summed E-state index contributed by atoms with van der Waals surface area (Å²) < 4.78 is 51.3. The van der Waals surface area contributed by atoms with E-state index >= 15 is 4.79 Å². The van der Waals surface area contributed by atoms with Gasteiger partial charge in [-0.25, -0.2) is 0 Å². The molecular weight excluding hydrogens is 1030 g/mol. The number of amides is 7. The predicted molar refractivity (Wildman–Crippen MR) is 280 cm³/mol. The Hall–Kier alpha value is -6.06. The van der Waals surface area contributed by atoms with Gasteiger partial charge in [0.15, 0.2) is 0 Å². The molecule has 22 heteroatoms. The summed E-state index contributed by atoms with van der Waals surface area (Å²) in [5.74, 6) is -4.84. The summed E-state index contributed by atoms with van der Waals surface area (Å²) in [5.41, 5.74) is -1.28. The van der Waals surface area contributed by atoms with Gasteiger partial charge < -0.3 is 49.9 Å².